The van der Waals surface area contributed by atoms with E-state index in [1.807, 2.05) is 35.0 Å². The van der Waals surface area contributed by atoms with Gasteiger partial charge in [0.25, 0.3) is 0 Å². The van der Waals surface area contributed by atoms with Crippen LogP contribution in [0.3, 0.4) is 0 Å². The smallest absolute Gasteiger partial charge is 0.261 e. The van der Waals surface area contributed by atoms with Crippen molar-refractivity contribution in [3.05, 3.63) is 101 Å². The van der Waals surface area contributed by atoms with Gasteiger partial charge in [0.15, 0.2) is 23.6 Å². The third-order valence-electron chi connectivity index (χ3n) is 11.4. The molecule has 2 unspecified atom stereocenters. The second-order valence-electron chi connectivity index (χ2n) is 13.8. The summed E-state index contributed by atoms with van der Waals surface area (Å²) in [5, 5.41) is 6.11. The molecule has 238 valence electrons. The van der Waals surface area contributed by atoms with E-state index >= 15 is 4.39 Å². The molecular formula is C38H40F4N4+2. The van der Waals surface area contributed by atoms with Gasteiger partial charge in [-0.25, -0.2) is 4.39 Å². The van der Waals surface area contributed by atoms with E-state index in [4.69, 9.17) is 0 Å². The molecule has 1 aliphatic heterocycles. The molecule has 7 rings (SSSR count). The van der Waals surface area contributed by atoms with E-state index in [0.29, 0.717) is 17.9 Å². The third-order valence-corrected chi connectivity index (χ3v) is 11.4. The largest absolute Gasteiger partial charge is 0.435 e. The summed E-state index contributed by atoms with van der Waals surface area (Å²) in [4.78, 5) is 0. The average molecular weight is 629 g/mol. The van der Waals surface area contributed by atoms with Crippen LogP contribution < -0.4 is 9.13 Å². The molecule has 46 heavy (non-hydrogen) atoms. The van der Waals surface area contributed by atoms with E-state index in [1.54, 1.807) is 13.1 Å². The highest BCUT2D eigenvalue weighted by molar-refractivity contribution is 6.01. The van der Waals surface area contributed by atoms with Crippen molar-refractivity contribution < 1.29 is 26.7 Å². The normalized spacial score (nSPS) is 21.2. The van der Waals surface area contributed by atoms with Crippen LogP contribution in [0, 0.1) is 5.82 Å². The summed E-state index contributed by atoms with van der Waals surface area (Å²) in [6, 6.07) is 19.0. The van der Waals surface area contributed by atoms with Crippen LogP contribution in [0.25, 0.3) is 33.4 Å². The highest BCUT2D eigenvalue weighted by Crippen LogP contribution is 2.58. The first kappa shape index (κ1) is 30.6. The molecule has 0 bridgehead atoms. The lowest BCUT2D eigenvalue weighted by Gasteiger charge is -2.50. The topological polar surface area (TPSA) is 25.6 Å². The lowest BCUT2D eigenvalue weighted by molar-refractivity contribution is -0.771. The van der Waals surface area contributed by atoms with Gasteiger partial charge in [-0.1, -0.05) is 52.0 Å². The van der Waals surface area contributed by atoms with Gasteiger partial charge in [-0.15, -0.1) is 0 Å². The molecule has 1 aliphatic carbocycles. The zero-order valence-electron chi connectivity index (χ0n) is 27.3. The van der Waals surface area contributed by atoms with Crippen LogP contribution >= 0.6 is 0 Å². The molecule has 0 saturated carbocycles. The lowest BCUT2D eigenvalue weighted by Crippen LogP contribution is -2.69. The summed E-state index contributed by atoms with van der Waals surface area (Å²) in [5.74, 6) is -0.166. The van der Waals surface area contributed by atoms with E-state index in [2.05, 4.69) is 74.7 Å². The SMILES string of the molecule is CCC1(C)c2ccc(F)c3c2-c2c4c(cccc4cc[n+]2C1(CC)CCC[n+]1ccccc1-c1cc(C(F)(F)F)nn1C)C3(C)C. The number of benzene rings is 2. The minimum atomic E-state index is -4.51. The second kappa shape index (κ2) is 10.2. The van der Waals surface area contributed by atoms with Crippen LogP contribution in [-0.2, 0) is 36.1 Å². The molecule has 8 heteroatoms. The van der Waals surface area contributed by atoms with Crippen molar-refractivity contribution in [2.45, 2.75) is 89.4 Å². The minimum Gasteiger partial charge on any atom is -0.261 e. The first-order valence-corrected chi connectivity index (χ1v) is 16.2. The van der Waals surface area contributed by atoms with Gasteiger partial charge in [-0.3, -0.25) is 4.68 Å². The zero-order chi connectivity index (χ0) is 32.8. The van der Waals surface area contributed by atoms with Gasteiger partial charge in [-0.2, -0.15) is 27.4 Å². The molecule has 3 aromatic heterocycles. The van der Waals surface area contributed by atoms with Gasteiger partial charge >= 0.3 is 6.18 Å². The van der Waals surface area contributed by atoms with Crippen molar-refractivity contribution in [3.8, 4) is 22.6 Å². The Labute approximate surface area is 267 Å². The first-order valence-electron chi connectivity index (χ1n) is 16.2. The summed E-state index contributed by atoms with van der Waals surface area (Å²) in [6.45, 7) is 11.7. The molecule has 4 nitrogen and oxygen atoms in total. The number of aromatic nitrogens is 4. The maximum atomic E-state index is 16.0. The van der Waals surface area contributed by atoms with Gasteiger partial charge in [0, 0.05) is 61.6 Å². The third kappa shape index (κ3) is 4.00. The number of hydrogen-bond acceptors (Lipinski definition) is 1. The van der Waals surface area contributed by atoms with Gasteiger partial charge < -0.3 is 0 Å². The van der Waals surface area contributed by atoms with Crippen LogP contribution in [0.15, 0.2) is 73.1 Å². The van der Waals surface area contributed by atoms with Crippen LogP contribution in [0.2, 0.25) is 0 Å². The fourth-order valence-corrected chi connectivity index (χ4v) is 8.94. The highest BCUT2D eigenvalue weighted by atomic mass is 19.4. The number of nitrogens with zero attached hydrogens (tertiary/aromatic N) is 4. The summed E-state index contributed by atoms with van der Waals surface area (Å²) < 4.78 is 62.3. The molecule has 2 atom stereocenters. The minimum absolute atomic E-state index is 0.166. The Bertz CT molecular complexity index is 2020. The Kier molecular flexibility index (Phi) is 6.79. The Morgan fingerprint density at radius 2 is 1.67 bits per heavy atom. The Balaban J connectivity index is 1.36. The predicted molar refractivity (Wildman–Crippen MR) is 171 cm³/mol. The number of pyridine rings is 2. The van der Waals surface area contributed by atoms with Crippen LogP contribution in [0.4, 0.5) is 17.6 Å². The first-order chi connectivity index (χ1) is 21.8. The number of halogens is 4. The molecule has 4 heterocycles. The van der Waals surface area contributed by atoms with Crippen molar-refractivity contribution in [3.63, 3.8) is 0 Å². The molecule has 2 aromatic carbocycles. The van der Waals surface area contributed by atoms with Gasteiger partial charge in [0.1, 0.15) is 18.1 Å². The number of rotatable bonds is 7. The fourth-order valence-electron chi connectivity index (χ4n) is 8.94. The van der Waals surface area contributed by atoms with E-state index in [9.17, 15) is 13.2 Å². The summed E-state index contributed by atoms with van der Waals surface area (Å²) in [7, 11) is 1.55. The monoisotopic (exact) mass is 628 g/mol. The number of aryl methyl sites for hydroxylation is 2. The molecule has 0 fully saturated rings. The van der Waals surface area contributed by atoms with Gasteiger partial charge in [0.05, 0.1) is 16.4 Å². The van der Waals surface area contributed by atoms with Crippen molar-refractivity contribution in [2.75, 3.05) is 0 Å². The average Bonchev–Trinajstić information content (AvgIpc) is 3.43. The second-order valence-corrected chi connectivity index (χ2v) is 13.8. The van der Waals surface area contributed by atoms with E-state index in [1.165, 1.54) is 15.6 Å². The van der Waals surface area contributed by atoms with Gasteiger partial charge in [0.2, 0.25) is 11.4 Å². The molecule has 0 amide bonds. The van der Waals surface area contributed by atoms with Gasteiger partial charge in [-0.05, 0) is 42.0 Å². The predicted octanol–water partition coefficient (Wildman–Crippen LogP) is 8.55. The standard InChI is InChI=1S/C38H40F4N4/c1-7-36(5)26-16-17-27(39)33-32(26)34-31-24(13-11-14-25(31)35(33,3)4)18-22-46(34)37(36,8-2)19-12-21-45-20-10-9-15-28(45)29-23-30(38(40,41)42)43-44(29)6/h9-11,13-18,20,22-23H,7-8,12,19,21H2,1-6H3/q+2. The fraction of sp³-hybridized carbons (Fsp3) is 0.395. The van der Waals surface area contributed by atoms with E-state index in [-0.39, 0.29) is 16.8 Å². The number of hydrogen-bond donors (Lipinski definition) is 0. The Morgan fingerprint density at radius 3 is 2.37 bits per heavy atom. The van der Waals surface area contributed by atoms with Crippen molar-refractivity contribution in [1.29, 1.82) is 0 Å². The Hall–Kier alpha value is -4.07. The van der Waals surface area contributed by atoms with Crippen molar-refractivity contribution in [2.24, 2.45) is 7.05 Å². The zero-order valence-corrected chi connectivity index (χ0v) is 27.3. The summed E-state index contributed by atoms with van der Waals surface area (Å²) in [6.07, 6.45) is 2.97. The molecule has 0 N–H and O–H groups in total. The quantitative estimate of drug-likeness (QED) is 0.131. The lowest BCUT2D eigenvalue weighted by atomic mass is 9.55. The number of alkyl halides is 3. The summed E-state index contributed by atoms with van der Waals surface area (Å²) in [5.41, 5.74) is 4.33. The highest BCUT2D eigenvalue weighted by Gasteiger charge is 2.61. The van der Waals surface area contributed by atoms with Crippen LogP contribution in [-0.4, -0.2) is 9.78 Å². The van der Waals surface area contributed by atoms with E-state index < -0.39 is 17.3 Å². The maximum Gasteiger partial charge on any atom is 0.435 e. The van der Waals surface area contributed by atoms with Crippen LogP contribution in [0.1, 0.15) is 82.7 Å². The molecule has 2 aliphatic rings. The molecule has 0 radical (unpaired) electrons. The molecule has 5 aromatic rings. The molecule has 0 saturated heterocycles. The van der Waals surface area contributed by atoms with Crippen LogP contribution in [0.5, 0.6) is 0 Å². The maximum absolute atomic E-state index is 16.0. The van der Waals surface area contributed by atoms with E-state index in [0.717, 1.165) is 59.5 Å². The van der Waals surface area contributed by atoms with Crippen molar-refractivity contribution >= 4 is 10.8 Å². The Morgan fingerprint density at radius 1 is 0.891 bits per heavy atom. The van der Waals surface area contributed by atoms with Crippen molar-refractivity contribution in [1.82, 2.24) is 9.78 Å². The molecular weight excluding hydrogens is 588 g/mol. The molecule has 0 spiro atoms. The summed E-state index contributed by atoms with van der Waals surface area (Å²) >= 11 is 0.